The molecule has 0 aliphatic rings. The number of anilines is 1. The van der Waals surface area contributed by atoms with Crippen molar-refractivity contribution in [3.8, 4) is 0 Å². The monoisotopic (exact) mass is 285 g/mol. The van der Waals surface area contributed by atoms with Crippen LogP contribution < -0.4 is 16.6 Å². The number of rotatable bonds is 6. The van der Waals surface area contributed by atoms with Gasteiger partial charge in [-0.05, 0) is 37.5 Å². The van der Waals surface area contributed by atoms with E-state index in [-0.39, 0.29) is 17.6 Å². The molecule has 2 rings (SSSR count). The lowest BCUT2D eigenvalue weighted by Gasteiger charge is -2.13. The van der Waals surface area contributed by atoms with Crippen molar-refractivity contribution in [2.24, 2.45) is 5.84 Å². The first-order valence-corrected chi connectivity index (χ1v) is 6.84. The number of hydrogen-bond acceptors (Lipinski definition) is 5. The van der Waals surface area contributed by atoms with Crippen molar-refractivity contribution >= 4 is 11.7 Å². The summed E-state index contributed by atoms with van der Waals surface area (Å²) in [5.74, 6) is 5.39. The van der Waals surface area contributed by atoms with Gasteiger partial charge in [0.25, 0.3) is 5.91 Å². The highest BCUT2D eigenvalue weighted by molar-refractivity contribution is 5.92. The summed E-state index contributed by atoms with van der Waals surface area (Å²) in [4.78, 5) is 12.0. The zero-order valence-electron chi connectivity index (χ0n) is 11.9. The van der Waals surface area contributed by atoms with Crippen LogP contribution in [0.3, 0.4) is 0 Å². The fraction of sp³-hybridized carbons (Fsp3) is 0.267. The Labute approximate surface area is 123 Å². The molecule has 0 saturated heterocycles. The lowest BCUT2D eigenvalue weighted by atomic mass is 10.1. The third-order valence-electron chi connectivity index (χ3n) is 3.13. The molecule has 6 nitrogen and oxygen atoms in total. The van der Waals surface area contributed by atoms with Gasteiger partial charge in [0.15, 0.2) is 11.5 Å². The lowest BCUT2D eigenvalue weighted by Crippen LogP contribution is -2.33. The number of nitrogen functional groups attached to an aromatic ring is 1. The second-order valence-electron chi connectivity index (χ2n) is 4.85. The van der Waals surface area contributed by atoms with Crippen LogP contribution in [0, 0.1) is 0 Å². The molecule has 0 aliphatic heterocycles. The van der Waals surface area contributed by atoms with Gasteiger partial charge in [-0.3, -0.25) is 4.79 Å². The fourth-order valence-electron chi connectivity index (χ4n) is 1.93. The van der Waals surface area contributed by atoms with Gasteiger partial charge in [0.2, 0.25) is 0 Å². The van der Waals surface area contributed by atoms with Crippen molar-refractivity contribution in [3.05, 3.63) is 53.7 Å². The van der Waals surface area contributed by atoms with Crippen LogP contribution in [0.4, 0.5) is 5.82 Å². The number of nitrogens with two attached hydrogens (primary N) is 1. The quantitative estimate of drug-likeness (QED) is 0.552. The van der Waals surface area contributed by atoms with Gasteiger partial charge in [0, 0.05) is 6.04 Å². The summed E-state index contributed by atoms with van der Waals surface area (Å²) in [6.07, 6.45) is 1.79. The maximum absolute atomic E-state index is 12.0. The second kappa shape index (κ2) is 7.35. The van der Waals surface area contributed by atoms with E-state index in [1.165, 1.54) is 5.56 Å². The van der Waals surface area contributed by atoms with Crippen LogP contribution in [0.15, 0.2) is 42.5 Å². The minimum atomic E-state index is -0.230. The smallest absolute Gasteiger partial charge is 0.272 e. The lowest BCUT2D eigenvalue weighted by molar-refractivity contribution is 0.0932. The molecular formula is C15H19N5O. The Bertz CT molecular complexity index is 570. The van der Waals surface area contributed by atoms with Gasteiger partial charge in [0.1, 0.15) is 0 Å². The molecule has 0 spiro atoms. The third-order valence-corrected chi connectivity index (χ3v) is 3.13. The van der Waals surface area contributed by atoms with Crippen LogP contribution in [0.5, 0.6) is 0 Å². The number of nitrogens with one attached hydrogen (secondary N) is 2. The molecule has 1 atom stereocenters. The van der Waals surface area contributed by atoms with E-state index >= 15 is 0 Å². The van der Waals surface area contributed by atoms with Gasteiger partial charge < -0.3 is 10.7 Å². The summed E-state index contributed by atoms with van der Waals surface area (Å²) < 4.78 is 0. The molecule has 0 aliphatic carbocycles. The van der Waals surface area contributed by atoms with Crippen LogP contribution >= 0.6 is 0 Å². The number of aryl methyl sites for hydroxylation is 1. The zero-order chi connectivity index (χ0) is 15.1. The number of amides is 1. The van der Waals surface area contributed by atoms with Gasteiger partial charge in [-0.1, -0.05) is 30.3 Å². The zero-order valence-corrected chi connectivity index (χ0v) is 11.9. The number of carbonyl (C=O) groups excluding carboxylic acids is 1. The normalized spacial score (nSPS) is 11.7. The van der Waals surface area contributed by atoms with E-state index in [2.05, 4.69) is 33.1 Å². The van der Waals surface area contributed by atoms with Gasteiger partial charge in [-0.15, -0.1) is 10.2 Å². The van der Waals surface area contributed by atoms with Gasteiger partial charge in [0.05, 0.1) is 0 Å². The van der Waals surface area contributed by atoms with Crippen LogP contribution in [0.2, 0.25) is 0 Å². The van der Waals surface area contributed by atoms with Crippen LogP contribution in [0.25, 0.3) is 0 Å². The largest absolute Gasteiger partial charge is 0.348 e. The molecule has 0 bridgehead atoms. The Kier molecular flexibility index (Phi) is 5.22. The van der Waals surface area contributed by atoms with Crippen molar-refractivity contribution in [1.29, 1.82) is 0 Å². The maximum atomic E-state index is 12.0. The van der Waals surface area contributed by atoms with Crippen molar-refractivity contribution in [3.63, 3.8) is 0 Å². The predicted octanol–water partition coefficient (Wildman–Crippen LogP) is 1.51. The number of hydrazine groups is 1. The molecule has 2 aromatic rings. The van der Waals surface area contributed by atoms with E-state index in [1.807, 2.05) is 25.1 Å². The molecule has 1 amide bonds. The number of carbonyl (C=O) groups is 1. The van der Waals surface area contributed by atoms with Gasteiger partial charge in [-0.25, -0.2) is 5.84 Å². The van der Waals surface area contributed by atoms with E-state index in [9.17, 15) is 4.79 Å². The Hall–Kier alpha value is -2.47. The molecule has 0 saturated carbocycles. The average molecular weight is 285 g/mol. The Morgan fingerprint density at radius 3 is 2.57 bits per heavy atom. The molecule has 1 heterocycles. The van der Waals surface area contributed by atoms with Crippen LogP contribution in [-0.4, -0.2) is 22.1 Å². The third kappa shape index (κ3) is 4.54. The van der Waals surface area contributed by atoms with E-state index in [4.69, 9.17) is 5.84 Å². The Morgan fingerprint density at radius 2 is 1.95 bits per heavy atom. The number of aromatic nitrogens is 2. The molecule has 1 aromatic heterocycles. The van der Waals surface area contributed by atoms with Crippen molar-refractivity contribution < 1.29 is 4.79 Å². The van der Waals surface area contributed by atoms with Gasteiger partial charge >= 0.3 is 0 Å². The average Bonchev–Trinajstić information content (AvgIpc) is 2.54. The van der Waals surface area contributed by atoms with Gasteiger partial charge in [-0.2, -0.15) is 0 Å². The SMILES string of the molecule is CC(CCc1ccccc1)NC(=O)c1ccc(NN)nn1. The van der Waals surface area contributed by atoms with Crippen molar-refractivity contribution in [2.75, 3.05) is 5.43 Å². The Morgan fingerprint density at radius 1 is 1.19 bits per heavy atom. The predicted molar refractivity (Wildman–Crippen MR) is 81.5 cm³/mol. The van der Waals surface area contributed by atoms with E-state index in [0.717, 1.165) is 12.8 Å². The first-order valence-electron chi connectivity index (χ1n) is 6.84. The minimum absolute atomic E-state index is 0.0619. The summed E-state index contributed by atoms with van der Waals surface area (Å²) in [5.41, 5.74) is 3.91. The number of hydrogen-bond donors (Lipinski definition) is 3. The molecule has 21 heavy (non-hydrogen) atoms. The fourth-order valence-corrected chi connectivity index (χ4v) is 1.93. The summed E-state index contributed by atoms with van der Waals surface area (Å²) >= 11 is 0. The minimum Gasteiger partial charge on any atom is -0.348 e. The summed E-state index contributed by atoms with van der Waals surface area (Å²) in [6.45, 7) is 1.98. The highest BCUT2D eigenvalue weighted by Crippen LogP contribution is 2.06. The summed E-state index contributed by atoms with van der Waals surface area (Å²) in [6, 6.07) is 13.4. The molecule has 0 fully saturated rings. The molecule has 4 N–H and O–H groups in total. The molecule has 110 valence electrons. The number of benzene rings is 1. The molecule has 0 radical (unpaired) electrons. The van der Waals surface area contributed by atoms with Crippen molar-refractivity contribution in [2.45, 2.75) is 25.8 Å². The highest BCUT2D eigenvalue weighted by Gasteiger charge is 2.11. The van der Waals surface area contributed by atoms with Crippen LogP contribution in [-0.2, 0) is 6.42 Å². The van der Waals surface area contributed by atoms with E-state index < -0.39 is 0 Å². The summed E-state index contributed by atoms with van der Waals surface area (Å²) in [7, 11) is 0. The first-order chi connectivity index (χ1) is 10.2. The molecule has 6 heteroatoms. The first kappa shape index (κ1) is 14.9. The molecular weight excluding hydrogens is 266 g/mol. The second-order valence-corrected chi connectivity index (χ2v) is 4.85. The Balaban J connectivity index is 1.83. The molecule has 1 unspecified atom stereocenters. The van der Waals surface area contributed by atoms with Crippen LogP contribution in [0.1, 0.15) is 29.4 Å². The van der Waals surface area contributed by atoms with Crippen molar-refractivity contribution in [1.82, 2.24) is 15.5 Å². The standard InChI is InChI=1S/C15H19N5O/c1-11(7-8-12-5-3-2-4-6-12)17-15(21)13-9-10-14(18-16)20-19-13/h2-6,9-11H,7-8,16H2,1H3,(H,17,21)(H,18,20). The number of nitrogens with zero attached hydrogens (tertiary/aromatic N) is 2. The van der Waals surface area contributed by atoms with E-state index in [0.29, 0.717) is 5.82 Å². The highest BCUT2D eigenvalue weighted by atomic mass is 16.2. The topological polar surface area (TPSA) is 92.9 Å². The van der Waals surface area contributed by atoms with E-state index in [1.54, 1.807) is 12.1 Å². The molecule has 1 aromatic carbocycles. The maximum Gasteiger partial charge on any atom is 0.272 e. The summed E-state index contributed by atoms with van der Waals surface area (Å²) in [5, 5.41) is 10.5.